The molecule has 1 aliphatic rings. The zero-order valence-corrected chi connectivity index (χ0v) is 13.0. The van der Waals surface area contributed by atoms with Crippen molar-refractivity contribution in [2.45, 2.75) is 44.8 Å². The van der Waals surface area contributed by atoms with E-state index < -0.39 is 0 Å². The predicted octanol–water partition coefficient (Wildman–Crippen LogP) is 1.89. The molecule has 1 aromatic carbocycles. The number of ether oxygens (including phenoxy) is 1. The second-order valence-electron chi connectivity index (χ2n) is 5.80. The molecule has 4 nitrogen and oxygen atoms in total. The molecule has 0 aromatic heterocycles. The smallest absolute Gasteiger partial charge is 0.224 e. The number of aryl methyl sites for hydroxylation is 1. The third-order valence-electron chi connectivity index (χ3n) is 4.26. The van der Waals surface area contributed by atoms with E-state index in [0.29, 0.717) is 13.0 Å². The maximum absolute atomic E-state index is 12.3. The monoisotopic (exact) mass is 290 g/mol. The zero-order valence-electron chi connectivity index (χ0n) is 13.0. The molecule has 2 N–H and O–H groups in total. The standard InChI is InChI=1S/C17H26N2O2/c1-13-5-7-14(8-6-13)12-15-16(21-2)4-3-11-19(15)17(20)9-10-18/h5-8,15-16H,3-4,9-12,18H2,1-2H3/t15-,16-/m0/s1. The number of amides is 1. The van der Waals surface area contributed by atoms with Gasteiger partial charge in [-0.05, 0) is 31.7 Å². The van der Waals surface area contributed by atoms with Crippen LogP contribution in [0, 0.1) is 6.92 Å². The number of hydrogen-bond acceptors (Lipinski definition) is 3. The number of carbonyl (C=O) groups excluding carboxylic acids is 1. The van der Waals surface area contributed by atoms with E-state index in [-0.39, 0.29) is 18.1 Å². The minimum absolute atomic E-state index is 0.113. The van der Waals surface area contributed by atoms with Gasteiger partial charge in [-0.2, -0.15) is 0 Å². The van der Waals surface area contributed by atoms with Gasteiger partial charge in [0.15, 0.2) is 0 Å². The number of likely N-dealkylation sites (tertiary alicyclic amines) is 1. The number of piperidine rings is 1. The highest BCUT2D eigenvalue weighted by molar-refractivity contribution is 5.77. The molecule has 21 heavy (non-hydrogen) atoms. The van der Waals surface area contributed by atoms with E-state index in [2.05, 4.69) is 31.2 Å². The van der Waals surface area contributed by atoms with E-state index in [4.69, 9.17) is 10.5 Å². The quantitative estimate of drug-likeness (QED) is 0.901. The molecular weight excluding hydrogens is 264 g/mol. The van der Waals surface area contributed by atoms with Crippen molar-refractivity contribution in [2.24, 2.45) is 5.73 Å². The van der Waals surface area contributed by atoms with Gasteiger partial charge in [-0.15, -0.1) is 0 Å². The van der Waals surface area contributed by atoms with Crippen LogP contribution in [0.2, 0.25) is 0 Å². The average molecular weight is 290 g/mol. The summed E-state index contributed by atoms with van der Waals surface area (Å²) in [4.78, 5) is 14.3. The molecule has 1 amide bonds. The highest BCUT2D eigenvalue weighted by atomic mass is 16.5. The maximum atomic E-state index is 12.3. The van der Waals surface area contributed by atoms with Crippen LogP contribution < -0.4 is 5.73 Å². The Hall–Kier alpha value is -1.39. The fourth-order valence-electron chi connectivity index (χ4n) is 3.08. The van der Waals surface area contributed by atoms with E-state index in [1.54, 1.807) is 7.11 Å². The highest BCUT2D eigenvalue weighted by Gasteiger charge is 2.33. The summed E-state index contributed by atoms with van der Waals surface area (Å²) in [6.07, 6.45) is 3.39. The number of carbonyl (C=O) groups is 1. The number of methoxy groups -OCH3 is 1. The van der Waals surface area contributed by atoms with Crippen LogP contribution in [0.4, 0.5) is 0 Å². The highest BCUT2D eigenvalue weighted by Crippen LogP contribution is 2.24. The Bertz CT molecular complexity index is 458. The number of benzene rings is 1. The van der Waals surface area contributed by atoms with Crippen LogP contribution in [0.25, 0.3) is 0 Å². The first kappa shape index (κ1) is 16.0. The molecule has 1 aliphatic heterocycles. The van der Waals surface area contributed by atoms with E-state index >= 15 is 0 Å². The van der Waals surface area contributed by atoms with Gasteiger partial charge < -0.3 is 15.4 Å². The molecule has 0 radical (unpaired) electrons. The first-order chi connectivity index (χ1) is 10.2. The Kier molecular flexibility index (Phi) is 5.76. The third kappa shape index (κ3) is 4.05. The summed E-state index contributed by atoms with van der Waals surface area (Å²) in [5.74, 6) is 0.149. The predicted molar refractivity (Wildman–Crippen MR) is 84.1 cm³/mol. The Morgan fingerprint density at radius 2 is 2.10 bits per heavy atom. The van der Waals surface area contributed by atoms with Gasteiger partial charge in [0.2, 0.25) is 5.91 Å². The lowest BCUT2D eigenvalue weighted by atomic mass is 9.92. The molecule has 1 aromatic rings. The van der Waals surface area contributed by atoms with Crippen molar-refractivity contribution in [3.8, 4) is 0 Å². The van der Waals surface area contributed by atoms with Gasteiger partial charge in [-0.3, -0.25) is 4.79 Å². The lowest BCUT2D eigenvalue weighted by Gasteiger charge is -2.41. The third-order valence-corrected chi connectivity index (χ3v) is 4.26. The van der Waals surface area contributed by atoms with Crippen molar-refractivity contribution < 1.29 is 9.53 Å². The molecule has 1 fully saturated rings. The summed E-state index contributed by atoms with van der Waals surface area (Å²) in [6, 6.07) is 8.63. The minimum atomic E-state index is 0.113. The Morgan fingerprint density at radius 3 is 2.71 bits per heavy atom. The van der Waals surface area contributed by atoms with Gasteiger partial charge in [-0.1, -0.05) is 29.8 Å². The molecule has 0 saturated carbocycles. The summed E-state index contributed by atoms with van der Waals surface area (Å²) in [7, 11) is 1.74. The molecule has 116 valence electrons. The van der Waals surface area contributed by atoms with Gasteiger partial charge in [-0.25, -0.2) is 0 Å². The summed E-state index contributed by atoms with van der Waals surface area (Å²) in [5.41, 5.74) is 8.04. The van der Waals surface area contributed by atoms with Gasteiger partial charge in [0.25, 0.3) is 0 Å². The van der Waals surface area contributed by atoms with Crippen LogP contribution >= 0.6 is 0 Å². The number of hydrogen-bond donors (Lipinski definition) is 1. The van der Waals surface area contributed by atoms with Crippen LogP contribution in [0.3, 0.4) is 0 Å². The van der Waals surface area contributed by atoms with Crippen molar-refractivity contribution in [1.82, 2.24) is 4.90 Å². The Balaban J connectivity index is 2.15. The SMILES string of the molecule is CO[C@H]1CCCN(C(=O)CCN)[C@H]1Cc1ccc(C)cc1. The van der Waals surface area contributed by atoms with Crippen LogP contribution in [-0.2, 0) is 16.0 Å². The lowest BCUT2D eigenvalue weighted by molar-refractivity contribution is -0.139. The van der Waals surface area contributed by atoms with Gasteiger partial charge >= 0.3 is 0 Å². The summed E-state index contributed by atoms with van der Waals surface area (Å²) in [5, 5.41) is 0. The molecule has 0 aliphatic carbocycles. The van der Waals surface area contributed by atoms with Gasteiger partial charge in [0.05, 0.1) is 12.1 Å². The van der Waals surface area contributed by atoms with E-state index in [9.17, 15) is 4.79 Å². The molecule has 1 saturated heterocycles. The fraction of sp³-hybridized carbons (Fsp3) is 0.588. The lowest BCUT2D eigenvalue weighted by Crippen LogP contribution is -2.53. The number of nitrogens with zero attached hydrogens (tertiary/aromatic N) is 1. The van der Waals surface area contributed by atoms with Crippen molar-refractivity contribution >= 4 is 5.91 Å². The molecule has 2 atom stereocenters. The van der Waals surface area contributed by atoms with Crippen LogP contribution in [0.5, 0.6) is 0 Å². The summed E-state index contributed by atoms with van der Waals surface area (Å²) in [6.45, 7) is 3.30. The fourth-order valence-corrected chi connectivity index (χ4v) is 3.08. The first-order valence-electron chi connectivity index (χ1n) is 7.73. The Labute approximate surface area is 127 Å². The molecule has 1 heterocycles. The Morgan fingerprint density at radius 1 is 1.38 bits per heavy atom. The summed E-state index contributed by atoms with van der Waals surface area (Å²) < 4.78 is 5.63. The van der Waals surface area contributed by atoms with Gasteiger partial charge in [0.1, 0.15) is 0 Å². The van der Waals surface area contributed by atoms with Crippen LogP contribution in [0.15, 0.2) is 24.3 Å². The maximum Gasteiger partial charge on any atom is 0.224 e. The second kappa shape index (κ2) is 7.57. The van der Waals surface area contributed by atoms with Crippen molar-refractivity contribution in [2.75, 3.05) is 20.2 Å². The van der Waals surface area contributed by atoms with Crippen LogP contribution in [-0.4, -0.2) is 43.2 Å². The molecule has 2 rings (SSSR count). The average Bonchev–Trinajstić information content (AvgIpc) is 2.50. The van der Waals surface area contributed by atoms with Gasteiger partial charge in [0, 0.05) is 26.6 Å². The molecule has 0 bridgehead atoms. The van der Waals surface area contributed by atoms with Crippen LogP contribution in [0.1, 0.15) is 30.4 Å². The largest absolute Gasteiger partial charge is 0.379 e. The normalized spacial score (nSPS) is 22.3. The summed E-state index contributed by atoms with van der Waals surface area (Å²) >= 11 is 0. The van der Waals surface area contributed by atoms with E-state index in [0.717, 1.165) is 25.8 Å². The second-order valence-corrected chi connectivity index (χ2v) is 5.80. The van der Waals surface area contributed by atoms with Crippen molar-refractivity contribution in [1.29, 1.82) is 0 Å². The molecular formula is C17H26N2O2. The topological polar surface area (TPSA) is 55.6 Å². The zero-order chi connectivity index (χ0) is 15.2. The van der Waals surface area contributed by atoms with E-state index in [1.807, 2.05) is 4.90 Å². The minimum Gasteiger partial charge on any atom is -0.379 e. The first-order valence-corrected chi connectivity index (χ1v) is 7.73. The van der Waals surface area contributed by atoms with E-state index in [1.165, 1.54) is 11.1 Å². The molecule has 4 heteroatoms. The van der Waals surface area contributed by atoms with Crippen molar-refractivity contribution in [3.05, 3.63) is 35.4 Å². The van der Waals surface area contributed by atoms with Crippen molar-refractivity contribution in [3.63, 3.8) is 0 Å². The molecule has 0 unspecified atom stereocenters. The number of nitrogens with two attached hydrogens (primary N) is 1. The molecule has 0 spiro atoms. The number of rotatable bonds is 5.